The first-order chi connectivity index (χ1) is 16.6. The fourth-order valence-corrected chi connectivity index (χ4v) is 4.00. The zero-order valence-electron chi connectivity index (χ0n) is 21.0. The van der Waals surface area contributed by atoms with Gasteiger partial charge in [0, 0.05) is 41.8 Å². The van der Waals surface area contributed by atoms with E-state index in [1.54, 1.807) is 34.9 Å². The van der Waals surface area contributed by atoms with Crippen molar-refractivity contribution in [2.24, 2.45) is 0 Å². The van der Waals surface area contributed by atoms with Crippen LogP contribution in [0.1, 0.15) is 48.8 Å². The third-order valence-corrected chi connectivity index (χ3v) is 5.95. The molecule has 1 heterocycles. The zero-order valence-corrected chi connectivity index (χ0v) is 22.6. The predicted octanol–water partition coefficient (Wildman–Crippen LogP) is 5.36. The first kappa shape index (κ1) is 26.6. The Kier molecular flexibility index (Phi) is 8.86. The molecule has 1 aromatic heterocycles. The summed E-state index contributed by atoms with van der Waals surface area (Å²) in [4.78, 5) is 27.9. The maximum atomic E-state index is 13.2. The van der Waals surface area contributed by atoms with Crippen molar-refractivity contribution in [2.75, 3.05) is 32.1 Å². The van der Waals surface area contributed by atoms with Crippen molar-refractivity contribution in [1.29, 1.82) is 0 Å². The van der Waals surface area contributed by atoms with Crippen molar-refractivity contribution >= 4 is 33.6 Å². The second kappa shape index (κ2) is 11.6. The molecule has 0 aliphatic heterocycles. The number of anilines is 1. The molecular formula is C27H33BrN4O3. The number of aromatic nitrogens is 2. The van der Waals surface area contributed by atoms with Crippen molar-refractivity contribution in [1.82, 2.24) is 14.7 Å². The van der Waals surface area contributed by atoms with Gasteiger partial charge in [0.05, 0.1) is 11.4 Å². The van der Waals surface area contributed by atoms with Gasteiger partial charge in [0.15, 0.2) is 0 Å². The average molecular weight is 541 g/mol. The Labute approximate surface area is 215 Å². The average Bonchev–Trinajstić information content (AvgIpc) is 3.22. The Morgan fingerprint density at radius 1 is 1.11 bits per heavy atom. The van der Waals surface area contributed by atoms with Crippen LogP contribution in [0.25, 0.3) is 5.69 Å². The summed E-state index contributed by atoms with van der Waals surface area (Å²) in [7, 11) is 1.62. The predicted molar refractivity (Wildman–Crippen MR) is 142 cm³/mol. The van der Waals surface area contributed by atoms with Crippen LogP contribution in [0.2, 0.25) is 0 Å². The topological polar surface area (TPSA) is 76.5 Å². The van der Waals surface area contributed by atoms with Crippen LogP contribution in [0.15, 0.2) is 59.1 Å². The van der Waals surface area contributed by atoms with E-state index in [2.05, 4.69) is 42.0 Å². The van der Waals surface area contributed by atoms with Gasteiger partial charge in [0.1, 0.15) is 12.4 Å². The first-order valence-corrected chi connectivity index (χ1v) is 12.4. The molecule has 0 aliphatic rings. The fourth-order valence-electron chi connectivity index (χ4n) is 3.61. The molecule has 0 saturated heterocycles. The van der Waals surface area contributed by atoms with Gasteiger partial charge in [-0.15, -0.1) is 0 Å². The molecule has 0 bridgehead atoms. The largest absolute Gasteiger partial charge is 0.385 e. The molecule has 2 amide bonds. The lowest BCUT2D eigenvalue weighted by Gasteiger charge is -2.22. The second-order valence-electron chi connectivity index (χ2n) is 9.55. The number of nitrogens with zero attached hydrogens (tertiary/aromatic N) is 3. The molecule has 8 heteroatoms. The summed E-state index contributed by atoms with van der Waals surface area (Å²) in [5.74, 6) is 0.0671. The molecule has 186 valence electrons. The quantitative estimate of drug-likeness (QED) is 0.370. The lowest BCUT2D eigenvalue weighted by atomic mass is 9.92. The maximum absolute atomic E-state index is 13.2. The van der Waals surface area contributed by atoms with Crippen LogP contribution in [-0.2, 0) is 14.9 Å². The number of halogens is 1. The van der Waals surface area contributed by atoms with Crippen LogP contribution < -0.4 is 5.32 Å². The molecule has 0 fully saturated rings. The number of benzene rings is 2. The Morgan fingerprint density at radius 3 is 2.51 bits per heavy atom. The van der Waals surface area contributed by atoms with Gasteiger partial charge in [0.25, 0.3) is 5.91 Å². The summed E-state index contributed by atoms with van der Waals surface area (Å²) in [6.45, 7) is 9.07. The summed E-state index contributed by atoms with van der Waals surface area (Å²) >= 11 is 3.41. The fraction of sp³-hybridized carbons (Fsp3) is 0.370. The van der Waals surface area contributed by atoms with Crippen LogP contribution in [0.5, 0.6) is 0 Å². The summed E-state index contributed by atoms with van der Waals surface area (Å²) in [6, 6.07) is 17.0. The van der Waals surface area contributed by atoms with Crippen LogP contribution in [-0.4, -0.2) is 53.3 Å². The summed E-state index contributed by atoms with van der Waals surface area (Å²) in [5, 5.41) is 7.76. The van der Waals surface area contributed by atoms with Crippen molar-refractivity contribution in [3.8, 4) is 5.69 Å². The Morgan fingerprint density at radius 2 is 1.86 bits per heavy atom. The van der Waals surface area contributed by atoms with Gasteiger partial charge in [-0.1, -0.05) is 54.9 Å². The van der Waals surface area contributed by atoms with Crippen LogP contribution in [0.4, 0.5) is 5.82 Å². The van der Waals surface area contributed by atoms with Gasteiger partial charge in [-0.05, 0) is 49.2 Å². The molecule has 0 unspecified atom stereocenters. The molecule has 0 atom stereocenters. The zero-order chi connectivity index (χ0) is 25.6. The SMILES string of the molecule is COCCCN(CC(=O)Nc1cc(C(C)(C)C)nn1-c1cccc(C)c1)C(=O)c1cccc(Br)c1. The van der Waals surface area contributed by atoms with E-state index < -0.39 is 0 Å². The molecule has 0 radical (unpaired) electrons. The summed E-state index contributed by atoms with van der Waals surface area (Å²) in [5.41, 5.74) is 3.13. The number of ether oxygens (including phenoxy) is 1. The number of hydrogen-bond acceptors (Lipinski definition) is 4. The normalized spacial score (nSPS) is 11.4. The second-order valence-corrected chi connectivity index (χ2v) is 10.5. The molecular weight excluding hydrogens is 508 g/mol. The van der Waals surface area contributed by atoms with E-state index in [1.165, 1.54) is 0 Å². The van der Waals surface area contributed by atoms with E-state index in [-0.39, 0.29) is 23.8 Å². The third-order valence-electron chi connectivity index (χ3n) is 5.46. The van der Waals surface area contributed by atoms with E-state index in [9.17, 15) is 9.59 Å². The van der Waals surface area contributed by atoms with Crippen molar-refractivity contribution < 1.29 is 14.3 Å². The number of methoxy groups -OCH3 is 1. The highest BCUT2D eigenvalue weighted by Crippen LogP contribution is 2.26. The van der Waals surface area contributed by atoms with Gasteiger partial charge in [-0.25, -0.2) is 4.68 Å². The molecule has 35 heavy (non-hydrogen) atoms. The highest BCUT2D eigenvalue weighted by molar-refractivity contribution is 9.10. The number of rotatable bonds is 9. The van der Waals surface area contributed by atoms with Crippen molar-refractivity contribution in [3.05, 3.63) is 75.9 Å². The monoisotopic (exact) mass is 540 g/mol. The number of carbonyl (C=O) groups is 2. The number of carbonyl (C=O) groups excluding carboxylic acids is 2. The van der Waals surface area contributed by atoms with Gasteiger partial charge in [-0.3, -0.25) is 9.59 Å². The minimum atomic E-state index is -0.292. The van der Waals surface area contributed by atoms with Gasteiger partial charge in [-0.2, -0.15) is 5.10 Å². The molecule has 3 aromatic rings. The van der Waals surface area contributed by atoms with Crippen molar-refractivity contribution in [2.45, 2.75) is 39.5 Å². The summed E-state index contributed by atoms with van der Waals surface area (Å²) in [6.07, 6.45) is 0.624. The van der Waals surface area contributed by atoms with Crippen LogP contribution >= 0.6 is 15.9 Å². The lowest BCUT2D eigenvalue weighted by Crippen LogP contribution is -2.39. The number of aryl methyl sites for hydroxylation is 1. The van der Waals surface area contributed by atoms with Gasteiger partial charge < -0.3 is 15.0 Å². The lowest BCUT2D eigenvalue weighted by molar-refractivity contribution is -0.117. The summed E-state index contributed by atoms with van der Waals surface area (Å²) < 4.78 is 7.70. The van der Waals surface area contributed by atoms with E-state index >= 15 is 0 Å². The number of nitrogens with one attached hydrogen (secondary N) is 1. The van der Waals surface area contributed by atoms with Crippen molar-refractivity contribution in [3.63, 3.8) is 0 Å². The molecule has 0 saturated carbocycles. The molecule has 1 N–H and O–H groups in total. The molecule has 2 aromatic carbocycles. The molecule has 7 nitrogen and oxygen atoms in total. The van der Waals surface area contributed by atoms with E-state index in [0.717, 1.165) is 21.4 Å². The highest BCUT2D eigenvalue weighted by atomic mass is 79.9. The van der Waals surface area contributed by atoms with Crippen LogP contribution in [0.3, 0.4) is 0 Å². The van der Waals surface area contributed by atoms with E-state index in [1.807, 2.05) is 43.3 Å². The Balaban J connectivity index is 1.86. The van der Waals surface area contributed by atoms with Gasteiger partial charge in [0.2, 0.25) is 5.91 Å². The van der Waals surface area contributed by atoms with Gasteiger partial charge >= 0.3 is 0 Å². The maximum Gasteiger partial charge on any atom is 0.254 e. The first-order valence-electron chi connectivity index (χ1n) is 11.6. The standard InChI is InChI=1S/C27H33BrN4O3/c1-19-9-6-12-22(15-19)32-24(17-23(30-32)27(2,3)4)29-25(33)18-31(13-8-14-35-5)26(34)20-10-7-11-21(28)16-20/h6-7,9-12,15-17H,8,13-14,18H2,1-5H3,(H,29,33). The van der Waals surface area contributed by atoms with E-state index in [0.29, 0.717) is 31.0 Å². The molecule has 0 spiro atoms. The molecule has 3 rings (SSSR count). The highest BCUT2D eigenvalue weighted by Gasteiger charge is 2.23. The molecule has 0 aliphatic carbocycles. The number of hydrogen-bond donors (Lipinski definition) is 1. The number of amides is 2. The smallest absolute Gasteiger partial charge is 0.254 e. The Bertz CT molecular complexity index is 1180. The minimum absolute atomic E-state index is 0.0844. The third kappa shape index (κ3) is 7.26. The minimum Gasteiger partial charge on any atom is -0.385 e. The van der Waals surface area contributed by atoms with E-state index in [4.69, 9.17) is 9.84 Å². The van der Waals surface area contributed by atoms with Crippen LogP contribution in [0, 0.1) is 6.92 Å². The Hall–Kier alpha value is -2.97.